The minimum absolute atomic E-state index is 0.423. The second kappa shape index (κ2) is 3.83. The van der Waals surface area contributed by atoms with Crippen molar-refractivity contribution in [3.63, 3.8) is 0 Å². The van der Waals surface area contributed by atoms with E-state index in [0.717, 1.165) is 15.6 Å². The molecule has 1 aromatic rings. The maximum Gasteiger partial charge on any atom is 0.0935 e. The van der Waals surface area contributed by atoms with Gasteiger partial charge in [0.1, 0.15) is 0 Å². The summed E-state index contributed by atoms with van der Waals surface area (Å²) in [4.78, 5) is 5.20. The van der Waals surface area contributed by atoms with E-state index in [1.54, 1.807) is 17.4 Å². The number of nitrogens with zero attached hydrogens (tertiary/aromatic N) is 1. The highest BCUT2D eigenvalue weighted by atomic mass is 32.1. The Bertz CT molecular complexity index is 280. The fourth-order valence-corrected chi connectivity index (χ4v) is 2.05. The van der Waals surface area contributed by atoms with Gasteiger partial charge in [-0.3, -0.25) is 0 Å². The second-order valence-electron chi connectivity index (χ2n) is 2.72. The molecule has 1 aromatic heterocycles. The number of thiazole rings is 1. The van der Waals surface area contributed by atoms with Crippen LogP contribution in [0.2, 0.25) is 0 Å². The molecule has 0 amide bonds. The molecule has 0 fully saturated rings. The summed E-state index contributed by atoms with van der Waals surface area (Å²) >= 11 is 1.55. The van der Waals surface area contributed by atoms with Crippen LogP contribution in [0.4, 0.5) is 0 Å². The van der Waals surface area contributed by atoms with Crippen molar-refractivity contribution < 1.29 is 5.11 Å². The predicted octanol–water partition coefficient (Wildman–Crippen LogP) is 2.37. The number of hydrogen-bond donors (Lipinski definition) is 1. The van der Waals surface area contributed by atoms with Gasteiger partial charge in [0.2, 0.25) is 0 Å². The molecule has 0 saturated heterocycles. The van der Waals surface area contributed by atoms with Gasteiger partial charge in [0.05, 0.1) is 21.7 Å². The summed E-state index contributed by atoms with van der Waals surface area (Å²) in [7, 11) is 0. The van der Waals surface area contributed by atoms with Crippen LogP contribution in [0.5, 0.6) is 0 Å². The molecule has 3 heteroatoms. The monoisotopic (exact) mass is 183 g/mol. The van der Waals surface area contributed by atoms with Crippen molar-refractivity contribution in [2.24, 2.45) is 0 Å². The molecule has 1 atom stereocenters. The Labute approximate surface area is 76.6 Å². The SMILES string of the molecule is C=CCC(O)c1sc(C)nc1C. The van der Waals surface area contributed by atoms with Crippen LogP contribution in [0.25, 0.3) is 0 Å². The van der Waals surface area contributed by atoms with Crippen LogP contribution in [-0.4, -0.2) is 10.1 Å². The number of aromatic nitrogens is 1. The number of aliphatic hydroxyl groups excluding tert-OH is 1. The first kappa shape index (κ1) is 9.42. The van der Waals surface area contributed by atoms with Crippen molar-refractivity contribution in [1.82, 2.24) is 4.98 Å². The molecule has 1 heterocycles. The number of aryl methyl sites for hydroxylation is 2. The van der Waals surface area contributed by atoms with E-state index < -0.39 is 6.10 Å². The molecule has 0 radical (unpaired) electrons. The van der Waals surface area contributed by atoms with Crippen LogP contribution >= 0.6 is 11.3 Å². The van der Waals surface area contributed by atoms with Crippen LogP contribution < -0.4 is 0 Å². The summed E-state index contributed by atoms with van der Waals surface area (Å²) in [5, 5.41) is 10.6. The van der Waals surface area contributed by atoms with Crippen molar-refractivity contribution in [3.8, 4) is 0 Å². The molecule has 0 aliphatic carbocycles. The molecule has 0 bridgehead atoms. The summed E-state index contributed by atoms with van der Waals surface area (Å²) in [5.74, 6) is 0. The number of hydrogen-bond acceptors (Lipinski definition) is 3. The smallest absolute Gasteiger partial charge is 0.0935 e. The Balaban J connectivity index is 2.85. The summed E-state index contributed by atoms with van der Waals surface area (Å²) in [6.45, 7) is 7.45. The van der Waals surface area contributed by atoms with Gasteiger partial charge >= 0.3 is 0 Å². The molecule has 0 saturated carbocycles. The van der Waals surface area contributed by atoms with Gasteiger partial charge in [0, 0.05) is 0 Å². The lowest BCUT2D eigenvalue weighted by atomic mass is 10.2. The third kappa shape index (κ3) is 1.93. The Morgan fingerprint density at radius 1 is 1.67 bits per heavy atom. The highest BCUT2D eigenvalue weighted by Crippen LogP contribution is 2.26. The van der Waals surface area contributed by atoms with Crippen LogP contribution in [-0.2, 0) is 0 Å². The Kier molecular flexibility index (Phi) is 3.00. The van der Waals surface area contributed by atoms with E-state index in [9.17, 15) is 5.11 Å². The molecule has 0 aliphatic rings. The van der Waals surface area contributed by atoms with E-state index >= 15 is 0 Å². The Morgan fingerprint density at radius 3 is 2.75 bits per heavy atom. The van der Waals surface area contributed by atoms with Gasteiger partial charge in [0.25, 0.3) is 0 Å². The van der Waals surface area contributed by atoms with E-state index in [1.807, 2.05) is 13.8 Å². The molecule has 0 spiro atoms. The molecular formula is C9H13NOS. The van der Waals surface area contributed by atoms with Crippen molar-refractivity contribution in [3.05, 3.63) is 28.2 Å². The summed E-state index contributed by atoms with van der Waals surface area (Å²) in [6, 6.07) is 0. The highest BCUT2D eigenvalue weighted by molar-refractivity contribution is 7.11. The average Bonchev–Trinajstić information content (AvgIpc) is 2.30. The molecule has 0 aliphatic heterocycles. The van der Waals surface area contributed by atoms with Crippen molar-refractivity contribution in [2.45, 2.75) is 26.4 Å². The van der Waals surface area contributed by atoms with E-state index in [4.69, 9.17) is 0 Å². The lowest BCUT2D eigenvalue weighted by Crippen LogP contribution is -1.94. The quantitative estimate of drug-likeness (QED) is 0.730. The Morgan fingerprint density at radius 2 is 2.33 bits per heavy atom. The van der Waals surface area contributed by atoms with Gasteiger partial charge in [-0.15, -0.1) is 17.9 Å². The maximum absolute atomic E-state index is 9.61. The molecule has 66 valence electrons. The van der Waals surface area contributed by atoms with Crippen LogP contribution in [0.3, 0.4) is 0 Å². The largest absolute Gasteiger partial charge is 0.387 e. The summed E-state index contributed by atoms with van der Waals surface area (Å²) < 4.78 is 0. The summed E-state index contributed by atoms with van der Waals surface area (Å²) in [5.41, 5.74) is 0.937. The number of rotatable bonds is 3. The van der Waals surface area contributed by atoms with Gasteiger partial charge < -0.3 is 5.11 Å². The van der Waals surface area contributed by atoms with Crippen LogP contribution in [0, 0.1) is 13.8 Å². The fraction of sp³-hybridized carbons (Fsp3) is 0.444. The van der Waals surface area contributed by atoms with E-state index in [1.165, 1.54) is 0 Å². The molecule has 12 heavy (non-hydrogen) atoms. The molecule has 1 rings (SSSR count). The maximum atomic E-state index is 9.61. The zero-order valence-corrected chi connectivity index (χ0v) is 8.19. The van der Waals surface area contributed by atoms with Crippen molar-refractivity contribution in [1.29, 1.82) is 0 Å². The topological polar surface area (TPSA) is 33.1 Å². The zero-order chi connectivity index (χ0) is 9.14. The van der Waals surface area contributed by atoms with Gasteiger partial charge in [-0.1, -0.05) is 6.08 Å². The predicted molar refractivity (Wildman–Crippen MR) is 51.4 cm³/mol. The third-order valence-corrected chi connectivity index (χ3v) is 2.81. The molecule has 1 unspecified atom stereocenters. The normalized spacial score (nSPS) is 12.9. The number of aliphatic hydroxyl groups is 1. The first-order valence-electron chi connectivity index (χ1n) is 3.88. The van der Waals surface area contributed by atoms with E-state index in [2.05, 4.69) is 11.6 Å². The van der Waals surface area contributed by atoms with Gasteiger partial charge in [0.15, 0.2) is 0 Å². The first-order chi connectivity index (χ1) is 5.65. The van der Waals surface area contributed by atoms with Gasteiger partial charge in [-0.05, 0) is 20.3 Å². The average molecular weight is 183 g/mol. The molecule has 0 aromatic carbocycles. The summed E-state index contributed by atoms with van der Waals surface area (Å²) in [6.07, 6.45) is 1.90. The Hall–Kier alpha value is -0.670. The van der Waals surface area contributed by atoms with Crippen molar-refractivity contribution in [2.75, 3.05) is 0 Å². The van der Waals surface area contributed by atoms with Gasteiger partial charge in [-0.25, -0.2) is 4.98 Å². The lowest BCUT2D eigenvalue weighted by molar-refractivity contribution is 0.184. The first-order valence-corrected chi connectivity index (χ1v) is 4.69. The second-order valence-corrected chi connectivity index (χ2v) is 3.96. The molecular weight excluding hydrogens is 170 g/mol. The highest BCUT2D eigenvalue weighted by Gasteiger charge is 2.12. The standard InChI is InChI=1S/C9H13NOS/c1-4-5-8(11)9-6(2)10-7(3)12-9/h4,8,11H,1,5H2,2-3H3. The third-order valence-electron chi connectivity index (χ3n) is 1.63. The van der Waals surface area contributed by atoms with Crippen molar-refractivity contribution >= 4 is 11.3 Å². The molecule has 2 nitrogen and oxygen atoms in total. The minimum atomic E-state index is -0.423. The van der Waals surface area contributed by atoms with Crippen LogP contribution in [0.1, 0.15) is 28.1 Å². The molecule has 1 N–H and O–H groups in total. The van der Waals surface area contributed by atoms with Gasteiger partial charge in [-0.2, -0.15) is 0 Å². The zero-order valence-electron chi connectivity index (χ0n) is 7.37. The lowest BCUT2D eigenvalue weighted by Gasteiger charge is -2.04. The fourth-order valence-electron chi connectivity index (χ4n) is 1.12. The van der Waals surface area contributed by atoms with E-state index in [-0.39, 0.29) is 0 Å². The minimum Gasteiger partial charge on any atom is -0.387 e. The van der Waals surface area contributed by atoms with E-state index in [0.29, 0.717) is 6.42 Å². The van der Waals surface area contributed by atoms with Crippen LogP contribution in [0.15, 0.2) is 12.7 Å².